The fourth-order valence-electron chi connectivity index (χ4n) is 4.08. The predicted octanol–water partition coefficient (Wildman–Crippen LogP) is 6.03. The molecule has 162 valence electrons. The van der Waals surface area contributed by atoms with Gasteiger partial charge in [-0.15, -0.1) is 0 Å². The number of aliphatic carboxylic acids is 1. The summed E-state index contributed by atoms with van der Waals surface area (Å²) in [5, 5.41) is 8.72. The molecule has 0 amide bonds. The second-order valence-electron chi connectivity index (χ2n) is 8.42. The number of aryl methyl sites for hydroxylation is 1. The highest BCUT2D eigenvalue weighted by Gasteiger charge is 2.22. The quantitative estimate of drug-likeness (QED) is 0.461. The summed E-state index contributed by atoms with van der Waals surface area (Å²) in [4.78, 5) is 13.1. The monoisotopic (exact) mass is 409 g/mol. The highest BCUT2D eigenvalue weighted by molar-refractivity contribution is 5.66. The van der Waals surface area contributed by atoms with Crippen LogP contribution in [0.3, 0.4) is 0 Å². The molecule has 1 unspecified atom stereocenters. The van der Waals surface area contributed by atoms with Gasteiger partial charge >= 0.3 is 5.97 Å². The number of piperidine rings is 1. The van der Waals surface area contributed by atoms with Crippen molar-refractivity contribution in [1.29, 1.82) is 0 Å². The second kappa shape index (κ2) is 11.9. The highest BCUT2D eigenvalue weighted by Crippen LogP contribution is 2.23. The predicted molar refractivity (Wildman–Crippen MR) is 121 cm³/mol. The zero-order valence-electron chi connectivity index (χ0n) is 18.2. The van der Waals surface area contributed by atoms with E-state index in [9.17, 15) is 4.79 Å². The molecule has 3 rings (SSSR count). The van der Waals surface area contributed by atoms with Crippen LogP contribution in [-0.2, 0) is 16.1 Å². The van der Waals surface area contributed by atoms with Gasteiger partial charge in [-0.25, -0.2) is 0 Å². The number of rotatable bonds is 11. The number of ether oxygens (including phenoxy) is 1. The van der Waals surface area contributed by atoms with Crippen LogP contribution in [0.5, 0.6) is 0 Å². The van der Waals surface area contributed by atoms with Crippen LogP contribution in [0.15, 0.2) is 48.5 Å². The number of carboxylic acid groups (broad SMARTS) is 1. The molecule has 0 aliphatic carbocycles. The van der Waals surface area contributed by atoms with Crippen molar-refractivity contribution in [3.05, 3.63) is 59.7 Å². The molecule has 1 N–H and O–H groups in total. The molecule has 1 atom stereocenters. The van der Waals surface area contributed by atoms with Crippen LogP contribution < -0.4 is 0 Å². The molecule has 0 bridgehead atoms. The highest BCUT2D eigenvalue weighted by atomic mass is 16.5. The first-order valence-corrected chi connectivity index (χ1v) is 11.4. The van der Waals surface area contributed by atoms with E-state index in [4.69, 9.17) is 9.84 Å². The third kappa shape index (κ3) is 7.26. The summed E-state index contributed by atoms with van der Waals surface area (Å²) in [6, 6.07) is 17.3. The van der Waals surface area contributed by atoms with E-state index in [0.717, 1.165) is 45.2 Å². The Morgan fingerprint density at radius 2 is 1.63 bits per heavy atom. The first-order valence-electron chi connectivity index (χ1n) is 11.4. The summed E-state index contributed by atoms with van der Waals surface area (Å²) < 4.78 is 6.30. The van der Waals surface area contributed by atoms with Gasteiger partial charge in [0, 0.05) is 19.5 Å². The van der Waals surface area contributed by atoms with Crippen molar-refractivity contribution in [2.75, 3.05) is 13.1 Å². The summed E-state index contributed by atoms with van der Waals surface area (Å²) in [5.41, 5.74) is 4.97. The lowest BCUT2D eigenvalue weighted by molar-refractivity contribution is -0.137. The third-order valence-corrected chi connectivity index (χ3v) is 5.92. The normalized spacial score (nSPS) is 17.2. The molecule has 1 saturated heterocycles. The Hall–Kier alpha value is -2.17. The lowest BCUT2D eigenvalue weighted by atomic mass is 10.0. The van der Waals surface area contributed by atoms with Gasteiger partial charge in [0.15, 0.2) is 0 Å². The maximum Gasteiger partial charge on any atom is 0.303 e. The number of unbranched alkanes of at least 4 members (excludes halogenated alkanes) is 3. The minimum atomic E-state index is -0.689. The van der Waals surface area contributed by atoms with Crippen LogP contribution in [0.2, 0.25) is 0 Å². The Morgan fingerprint density at radius 1 is 0.967 bits per heavy atom. The van der Waals surface area contributed by atoms with Crippen LogP contribution in [0.1, 0.15) is 62.5 Å². The van der Waals surface area contributed by atoms with Crippen molar-refractivity contribution in [3.63, 3.8) is 0 Å². The fraction of sp³-hybridized carbons (Fsp3) is 0.500. The molecule has 0 spiro atoms. The lowest BCUT2D eigenvalue weighted by Gasteiger charge is -2.35. The van der Waals surface area contributed by atoms with Crippen molar-refractivity contribution >= 4 is 5.97 Å². The van der Waals surface area contributed by atoms with Gasteiger partial charge in [0.25, 0.3) is 0 Å². The molecular formula is C26H35NO3. The first kappa shape index (κ1) is 22.5. The summed E-state index contributed by atoms with van der Waals surface area (Å²) in [6.45, 7) is 4.91. The molecule has 1 aliphatic rings. The number of benzene rings is 2. The fourth-order valence-corrected chi connectivity index (χ4v) is 4.08. The van der Waals surface area contributed by atoms with E-state index in [1.807, 2.05) is 0 Å². The Labute approximate surface area is 180 Å². The lowest BCUT2D eigenvalue weighted by Crippen LogP contribution is -2.41. The Balaban J connectivity index is 1.43. The van der Waals surface area contributed by atoms with E-state index in [0.29, 0.717) is 6.61 Å². The average molecular weight is 410 g/mol. The molecule has 30 heavy (non-hydrogen) atoms. The smallest absolute Gasteiger partial charge is 0.303 e. The van der Waals surface area contributed by atoms with E-state index < -0.39 is 5.97 Å². The van der Waals surface area contributed by atoms with Crippen molar-refractivity contribution in [3.8, 4) is 11.1 Å². The molecule has 0 aromatic heterocycles. The van der Waals surface area contributed by atoms with Crippen molar-refractivity contribution in [1.82, 2.24) is 4.90 Å². The number of carbonyl (C=O) groups is 1. The minimum absolute atomic E-state index is 0.203. The number of hydrogen-bond acceptors (Lipinski definition) is 3. The minimum Gasteiger partial charge on any atom is -0.481 e. The maximum absolute atomic E-state index is 10.6. The summed E-state index contributed by atoms with van der Waals surface area (Å²) in [7, 11) is 0. The molecule has 1 heterocycles. The molecule has 2 aromatic rings. The average Bonchev–Trinajstić information content (AvgIpc) is 2.76. The Kier molecular flexibility index (Phi) is 8.91. The van der Waals surface area contributed by atoms with E-state index in [-0.39, 0.29) is 12.6 Å². The van der Waals surface area contributed by atoms with Gasteiger partial charge in [-0.3, -0.25) is 9.69 Å². The van der Waals surface area contributed by atoms with Gasteiger partial charge in [-0.05, 0) is 55.7 Å². The van der Waals surface area contributed by atoms with Gasteiger partial charge in [0.2, 0.25) is 0 Å². The van der Waals surface area contributed by atoms with Gasteiger partial charge < -0.3 is 9.84 Å². The Bertz CT molecular complexity index is 770. The van der Waals surface area contributed by atoms with E-state index in [1.54, 1.807) is 0 Å². The number of likely N-dealkylation sites (tertiary alicyclic amines) is 1. The largest absolute Gasteiger partial charge is 0.481 e. The van der Waals surface area contributed by atoms with E-state index in [2.05, 4.69) is 60.4 Å². The first-order chi connectivity index (χ1) is 14.6. The topological polar surface area (TPSA) is 49.8 Å². The van der Waals surface area contributed by atoms with Crippen molar-refractivity contribution in [2.45, 2.75) is 71.1 Å². The summed E-state index contributed by atoms with van der Waals surface area (Å²) in [6.07, 6.45) is 8.05. The zero-order chi connectivity index (χ0) is 21.2. The van der Waals surface area contributed by atoms with Crippen LogP contribution in [0.25, 0.3) is 11.1 Å². The number of carboxylic acids is 1. The molecule has 1 fully saturated rings. The van der Waals surface area contributed by atoms with Crippen LogP contribution in [0.4, 0.5) is 0 Å². The molecule has 4 nitrogen and oxygen atoms in total. The van der Waals surface area contributed by atoms with Crippen LogP contribution >= 0.6 is 0 Å². The van der Waals surface area contributed by atoms with Crippen LogP contribution in [-0.4, -0.2) is 35.3 Å². The maximum atomic E-state index is 10.6. The van der Waals surface area contributed by atoms with Crippen LogP contribution in [0, 0.1) is 6.92 Å². The van der Waals surface area contributed by atoms with Gasteiger partial charge in [-0.2, -0.15) is 0 Å². The summed E-state index contributed by atoms with van der Waals surface area (Å²) in [5.74, 6) is -0.689. The van der Waals surface area contributed by atoms with Gasteiger partial charge in [0.05, 0.1) is 6.61 Å². The van der Waals surface area contributed by atoms with Crippen molar-refractivity contribution < 1.29 is 14.6 Å². The zero-order valence-corrected chi connectivity index (χ0v) is 18.2. The molecule has 2 aromatic carbocycles. The Morgan fingerprint density at radius 3 is 2.33 bits per heavy atom. The van der Waals surface area contributed by atoms with E-state index in [1.165, 1.54) is 35.1 Å². The molecule has 0 saturated carbocycles. The van der Waals surface area contributed by atoms with E-state index >= 15 is 0 Å². The summed E-state index contributed by atoms with van der Waals surface area (Å²) >= 11 is 0. The molecule has 4 heteroatoms. The second-order valence-corrected chi connectivity index (χ2v) is 8.42. The molecule has 1 aliphatic heterocycles. The molecular weight excluding hydrogens is 374 g/mol. The van der Waals surface area contributed by atoms with Gasteiger partial charge in [-0.1, -0.05) is 66.9 Å². The SMILES string of the molecule is Cc1ccc(-c2ccc(COC3CCCCN3CCCCCCC(=O)O)cc2)cc1. The number of nitrogens with zero attached hydrogens (tertiary/aromatic N) is 1. The number of hydrogen-bond donors (Lipinski definition) is 1. The molecule has 0 radical (unpaired) electrons. The standard InChI is InChI=1S/C26H35NO3/c1-21-10-14-23(15-11-21)24-16-12-22(13-17-24)20-30-25-8-5-7-19-27(25)18-6-3-2-4-9-26(28)29/h10-17,25H,2-9,18-20H2,1H3,(H,28,29). The van der Waals surface area contributed by atoms with Gasteiger partial charge in [0.1, 0.15) is 6.23 Å². The van der Waals surface area contributed by atoms with Crippen molar-refractivity contribution in [2.24, 2.45) is 0 Å². The third-order valence-electron chi connectivity index (χ3n) is 5.92.